The van der Waals surface area contributed by atoms with Gasteiger partial charge in [0.15, 0.2) is 15.8 Å². The van der Waals surface area contributed by atoms with Crippen molar-refractivity contribution in [2.24, 2.45) is 4.99 Å². The molecule has 0 amide bonds. The molecular formula is C18H32IN3O3S. The average Bonchev–Trinajstić information content (AvgIpc) is 2.54. The minimum absolute atomic E-state index is 0. The summed E-state index contributed by atoms with van der Waals surface area (Å²) in [5, 5.41) is 6.37. The molecule has 6 nitrogen and oxygen atoms in total. The first kappa shape index (κ1) is 25.0. The predicted octanol–water partition coefficient (Wildman–Crippen LogP) is 2.62. The lowest BCUT2D eigenvalue weighted by Gasteiger charge is -2.18. The van der Waals surface area contributed by atoms with Crippen LogP contribution in [-0.2, 0) is 16.3 Å². The van der Waals surface area contributed by atoms with Crippen molar-refractivity contribution in [1.29, 1.82) is 0 Å². The van der Waals surface area contributed by atoms with E-state index in [2.05, 4.69) is 15.6 Å². The number of ether oxygens (including phenoxy) is 1. The standard InChI is InChI=1S/C18H31N3O3S.HI/c1-6-19-17(21-13-14-25(22,23)18(2,3)4)20-12-11-15-7-9-16(24-5)10-8-15;/h7-10H,6,11-14H2,1-5H3,(H2,19,20,21);1H. The summed E-state index contributed by atoms with van der Waals surface area (Å²) in [5.74, 6) is 1.53. The molecule has 0 aromatic heterocycles. The number of hydrogen-bond donors (Lipinski definition) is 2. The summed E-state index contributed by atoms with van der Waals surface area (Å²) in [6, 6.07) is 7.93. The van der Waals surface area contributed by atoms with Crippen LogP contribution in [-0.4, -0.2) is 51.6 Å². The van der Waals surface area contributed by atoms with Crippen molar-refractivity contribution in [3.63, 3.8) is 0 Å². The van der Waals surface area contributed by atoms with Crippen molar-refractivity contribution in [3.8, 4) is 5.75 Å². The van der Waals surface area contributed by atoms with Crippen LogP contribution >= 0.6 is 24.0 Å². The van der Waals surface area contributed by atoms with Crippen LogP contribution in [0.3, 0.4) is 0 Å². The van der Waals surface area contributed by atoms with Crippen molar-refractivity contribution in [3.05, 3.63) is 29.8 Å². The lowest BCUT2D eigenvalue weighted by atomic mass is 10.1. The first-order valence-electron chi connectivity index (χ1n) is 8.57. The Bertz CT molecular complexity index is 653. The van der Waals surface area contributed by atoms with Gasteiger partial charge in [-0.25, -0.2) is 8.42 Å². The molecule has 0 saturated heterocycles. The zero-order valence-electron chi connectivity index (χ0n) is 16.3. The van der Waals surface area contributed by atoms with Gasteiger partial charge in [-0.2, -0.15) is 0 Å². The maximum atomic E-state index is 12.1. The summed E-state index contributed by atoms with van der Waals surface area (Å²) in [7, 11) is -1.50. The Hall–Kier alpha value is -1.03. The first-order chi connectivity index (χ1) is 11.7. The van der Waals surface area contributed by atoms with Crippen LogP contribution < -0.4 is 15.4 Å². The molecule has 0 bridgehead atoms. The molecule has 26 heavy (non-hydrogen) atoms. The highest BCUT2D eigenvalue weighted by Gasteiger charge is 2.28. The fraction of sp³-hybridized carbons (Fsp3) is 0.611. The molecule has 1 aromatic rings. The third-order valence-electron chi connectivity index (χ3n) is 3.77. The zero-order valence-corrected chi connectivity index (χ0v) is 19.5. The van der Waals surface area contributed by atoms with E-state index < -0.39 is 14.6 Å². The third-order valence-corrected chi connectivity index (χ3v) is 6.36. The molecule has 0 radical (unpaired) electrons. The van der Waals surface area contributed by atoms with Crippen LogP contribution in [0.4, 0.5) is 0 Å². The van der Waals surface area contributed by atoms with Gasteiger partial charge in [-0.15, -0.1) is 24.0 Å². The molecule has 0 aliphatic rings. The number of methoxy groups -OCH3 is 1. The molecule has 0 heterocycles. The Morgan fingerprint density at radius 2 is 1.77 bits per heavy atom. The highest BCUT2D eigenvalue weighted by atomic mass is 127. The molecule has 1 aromatic carbocycles. The van der Waals surface area contributed by atoms with Crippen LogP contribution in [0.5, 0.6) is 5.75 Å². The van der Waals surface area contributed by atoms with Crippen LogP contribution in [0.2, 0.25) is 0 Å². The summed E-state index contributed by atoms with van der Waals surface area (Å²) in [6.07, 6.45) is 0.842. The molecule has 0 atom stereocenters. The van der Waals surface area contributed by atoms with Gasteiger partial charge < -0.3 is 15.4 Å². The molecule has 2 N–H and O–H groups in total. The van der Waals surface area contributed by atoms with E-state index in [-0.39, 0.29) is 36.3 Å². The number of hydrogen-bond acceptors (Lipinski definition) is 4. The second-order valence-electron chi connectivity index (χ2n) is 6.72. The zero-order chi connectivity index (χ0) is 18.9. The Morgan fingerprint density at radius 1 is 1.15 bits per heavy atom. The Morgan fingerprint density at radius 3 is 2.27 bits per heavy atom. The fourth-order valence-corrected chi connectivity index (χ4v) is 2.99. The molecule has 1 rings (SSSR count). The average molecular weight is 497 g/mol. The maximum Gasteiger partial charge on any atom is 0.191 e. The van der Waals surface area contributed by atoms with Crippen molar-refractivity contribution in [2.45, 2.75) is 38.9 Å². The third kappa shape index (κ3) is 8.57. The van der Waals surface area contributed by atoms with E-state index in [1.54, 1.807) is 27.9 Å². The number of nitrogens with zero attached hydrogens (tertiary/aromatic N) is 1. The molecular weight excluding hydrogens is 465 g/mol. The van der Waals surface area contributed by atoms with E-state index in [9.17, 15) is 8.42 Å². The lowest BCUT2D eigenvalue weighted by Crippen LogP contribution is -2.39. The Kier molecular flexibility index (Phi) is 11.2. The van der Waals surface area contributed by atoms with Crippen LogP contribution in [0, 0.1) is 0 Å². The van der Waals surface area contributed by atoms with E-state index in [0.29, 0.717) is 12.5 Å². The second-order valence-corrected chi connectivity index (χ2v) is 9.58. The van der Waals surface area contributed by atoms with E-state index in [4.69, 9.17) is 4.74 Å². The highest BCUT2D eigenvalue weighted by Crippen LogP contribution is 2.15. The first-order valence-corrected chi connectivity index (χ1v) is 10.2. The quantitative estimate of drug-likeness (QED) is 0.328. The van der Waals surface area contributed by atoms with Gasteiger partial charge in [-0.05, 0) is 51.8 Å². The molecule has 8 heteroatoms. The van der Waals surface area contributed by atoms with Gasteiger partial charge in [-0.3, -0.25) is 4.99 Å². The molecule has 150 valence electrons. The summed E-state index contributed by atoms with van der Waals surface area (Å²) in [5.41, 5.74) is 1.19. The minimum Gasteiger partial charge on any atom is -0.497 e. The van der Waals surface area contributed by atoms with Crippen LogP contribution in [0.15, 0.2) is 29.3 Å². The van der Waals surface area contributed by atoms with Crippen molar-refractivity contribution in [1.82, 2.24) is 10.6 Å². The topological polar surface area (TPSA) is 79.8 Å². The number of rotatable bonds is 8. The summed E-state index contributed by atoms with van der Waals surface area (Å²) in [6.45, 7) is 8.80. The van der Waals surface area contributed by atoms with Crippen molar-refractivity contribution >= 4 is 39.8 Å². The molecule has 0 unspecified atom stereocenters. The smallest absolute Gasteiger partial charge is 0.191 e. The Balaban J connectivity index is 0.00000625. The van der Waals surface area contributed by atoms with Gasteiger partial charge in [0.05, 0.1) is 24.2 Å². The largest absolute Gasteiger partial charge is 0.497 e. The Labute approximate surface area is 175 Å². The summed E-state index contributed by atoms with van der Waals surface area (Å²) < 4.78 is 28.6. The molecule has 0 spiro atoms. The highest BCUT2D eigenvalue weighted by molar-refractivity contribution is 14.0. The monoisotopic (exact) mass is 497 g/mol. The van der Waals surface area contributed by atoms with Gasteiger partial charge in [0.2, 0.25) is 0 Å². The van der Waals surface area contributed by atoms with Crippen molar-refractivity contribution in [2.75, 3.05) is 32.5 Å². The van der Waals surface area contributed by atoms with E-state index >= 15 is 0 Å². The minimum atomic E-state index is -3.15. The number of nitrogens with one attached hydrogen (secondary N) is 2. The molecule has 0 fully saturated rings. The van der Waals surface area contributed by atoms with Gasteiger partial charge in [0.1, 0.15) is 5.75 Å². The predicted molar refractivity (Wildman–Crippen MR) is 120 cm³/mol. The number of guanidine groups is 1. The van der Waals surface area contributed by atoms with Crippen molar-refractivity contribution < 1.29 is 13.2 Å². The van der Waals surface area contributed by atoms with Gasteiger partial charge in [0, 0.05) is 13.1 Å². The van der Waals surface area contributed by atoms with E-state index in [0.717, 1.165) is 18.7 Å². The van der Waals surface area contributed by atoms with Gasteiger partial charge in [-0.1, -0.05) is 12.1 Å². The summed E-state index contributed by atoms with van der Waals surface area (Å²) >= 11 is 0. The molecule has 0 aliphatic heterocycles. The second kappa shape index (κ2) is 11.6. The normalized spacial score (nSPS) is 12.3. The maximum absolute atomic E-state index is 12.1. The number of halogens is 1. The van der Waals surface area contributed by atoms with Crippen LogP contribution in [0.25, 0.3) is 0 Å². The van der Waals surface area contributed by atoms with Gasteiger partial charge in [0.25, 0.3) is 0 Å². The SMILES string of the molecule is CCNC(=NCCS(=O)(=O)C(C)(C)C)NCCc1ccc(OC)cc1.I. The lowest BCUT2D eigenvalue weighted by molar-refractivity contribution is 0.414. The summed E-state index contributed by atoms with van der Waals surface area (Å²) in [4.78, 5) is 4.37. The van der Waals surface area contributed by atoms with E-state index in [1.807, 2.05) is 31.2 Å². The molecule has 0 aliphatic carbocycles. The van der Waals surface area contributed by atoms with Crippen LogP contribution in [0.1, 0.15) is 33.3 Å². The van der Waals surface area contributed by atoms with Gasteiger partial charge >= 0.3 is 0 Å². The molecule has 0 saturated carbocycles. The fourth-order valence-electron chi connectivity index (χ4n) is 2.04. The van der Waals surface area contributed by atoms with E-state index in [1.165, 1.54) is 5.56 Å². The number of benzene rings is 1. The number of aliphatic imine (C=N–C) groups is 1. The number of sulfone groups is 1.